The zero-order valence-corrected chi connectivity index (χ0v) is 18.7. The summed E-state index contributed by atoms with van der Waals surface area (Å²) >= 11 is 0. The van der Waals surface area contributed by atoms with Crippen molar-refractivity contribution in [2.24, 2.45) is 0 Å². The van der Waals surface area contributed by atoms with Gasteiger partial charge in [0.1, 0.15) is 5.75 Å². The lowest BCUT2D eigenvalue weighted by molar-refractivity contribution is -0.138. The Morgan fingerprint density at radius 2 is 1.76 bits per heavy atom. The average Bonchev–Trinajstić information content (AvgIpc) is 3.11. The molecule has 0 unspecified atom stereocenters. The highest BCUT2D eigenvalue weighted by molar-refractivity contribution is 7.94. The molecule has 2 aliphatic heterocycles. The molecular weight excluding hydrogens is 457 g/mol. The molecule has 10 heteroatoms. The van der Waals surface area contributed by atoms with E-state index in [0.29, 0.717) is 38.3 Å². The molecule has 0 aliphatic carbocycles. The Labute approximate surface area is 190 Å². The van der Waals surface area contributed by atoms with Gasteiger partial charge in [0.15, 0.2) is 0 Å². The van der Waals surface area contributed by atoms with Crippen molar-refractivity contribution in [3.63, 3.8) is 0 Å². The molecule has 33 heavy (non-hydrogen) atoms. The van der Waals surface area contributed by atoms with Gasteiger partial charge >= 0.3 is 6.18 Å². The van der Waals surface area contributed by atoms with E-state index in [1.807, 2.05) is 4.90 Å². The number of benzene rings is 2. The third-order valence-corrected chi connectivity index (χ3v) is 7.45. The van der Waals surface area contributed by atoms with Crippen LogP contribution in [0.1, 0.15) is 27.0 Å². The molecule has 0 bridgehead atoms. The fourth-order valence-electron chi connectivity index (χ4n) is 4.24. The Kier molecular flexibility index (Phi) is 6.24. The molecule has 0 saturated carbocycles. The van der Waals surface area contributed by atoms with Crippen molar-refractivity contribution in [1.29, 1.82) is 0 Å². The number of sulfone groups is 1. The van der Waals surface area contributed by atoms with Crippen LogP contribution in [0.3, 0.4) is 0 Å². The average molecular weight is 481 g/mol. The SMILES string of the molecule is COc1c(C(=O)N2CCN(CCc3ccccc3C(F)(F)F)CC2)ccc2c1C=CS2(=O)=O. The smallest absolute Gasteiger partial charge is 0.416 e. The van der Waals surface area contributed by atoms with Gasteiger partial charge < -0.3 is 9.64 Å². The molecule has 1 fully saturated rings. The number of halogens is 3. The molecule has 176 valence electrons. The van der Waals surface area contributed by atoms with Crippen LogP contribution in [0.25, 0.3) is 6.08 Å². The Bertz CT molecular complexity index is 1200. The number of ether oxygens (including phenoxy) is 1. The number of amides is 1. The quantitative estimate of drug-likeness (QED) is 0.656. The van der Waals surface area contributed by atoms with Gasteiger partial charge in [-0.25, -0.2) is 8.42 Å². The molecule has 2 aromatic rings. The summed E-state index contributed by atoms with van der Waals surface area (Å²) in [6, 6.07) is 8.45. The summed E-state index contributed by atoms with van der Waals surface area (Å²) in [5.74, 6) is -0.0459. The number of rotatable bonds is 5. The van der Waals surface area contributed by atoms with Gasteiger partial charge in [0.05, 0.1) is 23.1 Å². The van der Waals surface area contributed by atoms with Gasteiger partial charge in [-0.3, -0.25) is 9.69 Å². The normalized spacial score (nSPS) is 17.8. The van der Waals surface area contributed by atoms with Crippen LogP contribution in [0.15, 0.2) is 46.7 Å². The van der Waals surface area contributed by atoms with E-state index in [0.717, 1.165) is 11.5 Å². The van der Waals surface area contributed by atoms with Crippen LogP contribution < -0.4 is 4.74 Å². The predicted molar refractivity (Wildman–Crippen MR) is 117 cm³/mol. The van der Waals surface area contributed by atoms with Gasteiger partial charge in [0.25, 0.3) is 5.91 Å². The number of carbonyl (C=O) groups is 1. The summed E-state index contributed by atoms with van der Waals surface area (Å²) in [6.45, 7) is 2.34. The second-order valence-electron chi connectivity index (χ2n) is 7.94. The van der Waals surface area contributed by atoms with E-state index in [1.165, 1.54) is 37.5 Å². The van der Waals surface area contributed by atoms with E-state index in [-0.39, 0.29) is 34.1 Å². The molecule has 0 spiro atoms. The Hall–Kier alpha value is -2.85. The maximum absolute atomic E-state index is 13.2. The molecule has 0 atom stereocenters. The summed E-state index contributed by atoms with van der Waals surface area (Å²) in [5.41, 5.74) is 0.295. The third-order valence-electron chi connectivity index (χ3n) is 5.99. The molecule has 1 saturated heterocycles. The fraction of sp³-hybridized carbons (Fsp3) is 0.348. The van der Waals surface area contributed by atoms with Gasteiger partial charge in [0.2, 0.25) is 9.84 Å². The van der Waals surface area contributed by atoms with Gasteiger partial charge in [-0.2, -0.15) is 13.2 Å². The maximum Gasteiger partial charge on any atom is 0.416 e. The third kappa shape index (κ3) is 4.63. The van der Waals surface area contributed by atoms with Crippen molar-refractivity contribution in [3.05, 3.63) is 64.1 Å². The molecule has 4 rings (SSSR count). The Morgan fingerprint density at radius 3 is 2.42 bits per heavy atom. The number of hydrogen-bond donors (Lipinski definition) is 0. The van der Waals surface area contributed by atoms with E-state index < -0.39 is 21.6 Å². The van der Waals surface area contributed by atoms with Crippen molar-refractivity contribution >= 4 is 21.8 Å². The summed E-state index contributed by atoms with van der Waals surface area (Å²) in [5, 5.41) is 1.09. The lowest BCUT2D eigenvalue weighted by Gasteiger charge is -2.35. The van der Waals surface area contributed by atoms with Crippen LogP contribution >= 0.6 is 0 Å². The Balaban J connectivity index is 1.40. The number of hydrogen-bond acceptors (Lipinski definition) is 5. The van der Waals surface area contributed by atoms with E-state index >= 15 is 0 Å². The standard InChI is InChI=1S/C23H23F3N2O4S/c1-32-21-17-9-15-33(30,31)20(17)7-6-18(21)22(29)28-13-11-27(12-14-28)10-8-16-4-2-3-5-19(16)23(24,25)26/h2-7,9,15H,8,10-14H2,1H3. The van der Waals surface area contributed by atoms with Crippen LogP contribution in [0, 0.1) is 0 Å². The summed E-state index contributed by atoms with van der Waals surface area (Å²) in [6.07, 6.45) is -2.69. The van der Waals surface area contributed by atoms with Crippen LogP contribution in [0.2, 0.25) is 0 Å². The number of methoxy groups -OCH3 is 1. The zero-order chi connectivity index (χ0) is 23.8. The van der Waals surface area contributed by atoms with Crippen LogP contribution in [0.5, 0.6) is 5.75 Å². The van der Waals surface area contributed by atoms with Crippen molar-refractivity contribution in [2.75, 3.05) is 39.8 Å². The molecule has 1 amide bonds. The van der Waals surface area contributed by atoms with Crippen LogP contribution in [0.4, 0.5) is 13.2 Å². The molecular formula is C23H23F3N2O4S. The Morgan fingerprint density at radius 1 is 1.06 bits per heavy atom. The lowest BCUT2D eigenvalue weighted by atomic mass is 10.0. The first kappa shape index (κ1) is 23.3. The van der Waals surface area contributed by atoms with E-state index in [9.17, 15) is 26.4 Å². The summed E-state index contributed by atoms with van der Waals surface area (Å²) in [7, 11) is -2.13. The van der Waals surface area contributed by atoms with E-state index in [4.69, 9.17) is 4.74 Å². The lowest BCUT2D eigenvalue weighted by Crippen LogP contribution is -2.49. The summed E-state index contributed by atoms with van der Waals surface area (Å²) < 4.78 is 69.1. The first-order valence-corrected chi connectivity index (χ1v) is 12.0. The molecule has 6 nitrogen and oxygen atoms in total. The minimum Gasteiger partial charge on any atom is -0.495 e. The highest BCUT2D eigenvalue weighted by Gasteiger charge is 2.33. The number of alkyl halides is 3. The molecule has 2 aliphatic rings. The van der Waals surface area contributed by atoms with Crippen molar-refractivity contribution in [1.82, 2.24) is 9.80 Å². The topological polar surface area (TPSA) is 66.9 Å². The second-order valence-corrected chi connectivity index (χ2v) is 9.75. The molecule has 2 aromatic carbocycles. The van der Waals surface area contributed by atoms with Crippen LogP contribution in [-0.2, 0) is 22.4 Å². The number of piperazine rings is 1. The zero-order valence-electron chi connectivity index (χ0n) is 17.9. The first-order valence-electron chi connectivity index (χ1n) is 10.4. The minimum atomic E-state index is -4.38. The van der Waals surface area contributed by atoms with Crippen molar-refractivity contribution < 1.29 is 31.1 Å². The molecule has 0 N–H and O–H groups in total. The van der Waals surface area contributed by atoms with Gasteiger partial charge in [-0.15, -0.1) is 0 Å². The predicted octanol–water partition coefficient (Wildman–Crippen LogP) is 3.47. The van der Waals surface area contributed by atoms with Crippen molar-refractivity contribution in [2.45, 2.75) is 17.5 Å². The number of fused-ring (bicyclic) bond motifs is 1. The van der Waals surface area contributed by atoms with E-state index in [2.05, 4.69) is 0 Å². The van der Waals surface area contributed by atoms with Gasteiger partial charge in [0, 0.05) is 43.7 Å². The fourth-order valence-corrected chi connectivity index (χ4v) is 5.43. The number of nitrogens with zero attached hydrogens (tertiary/aromatic N) is 2. The monoisotopic (exact) mass is 480 g/mol. The molecule has 0 radical (unpaired) electrons. The molecule has 0 aromatic heterocycles. The second kappa shape index (κ2) is 8.83. The van der Waals surface area contributed by atoms with Gasteiger partial charge in [-0.05, 0) is 36.3 Å². The maximum atomic E-state index is 13.2. The first-order chi connectivity index (χ1) is 15.6. The van der Waals surface area contributed by atoms with Crippen molar-refractivity contribution in [3.8, 4) is 5.75 Å². The summed E-state index contributed by atoms with van der Waals surface area (Å²) in [4.78, 5) is 16.9. The minimum absolute atomic E-state index is 0.111. The number of carbonyl (C=O) groups excluding carboxylic acids is 1. The largest absolute Gasteiger partial charge is 0.495 e. The van der Waals surface area contributed by atoms with Gasteiger partial charge in [-0.1, -0.05) is 18.2 Å². The molecule has 2 heterocycles. The highest BCUT2D eigenvalue weighted by Crippen LogP contribution is 2.37. The van der Waals surface area contributed by atoms with E-state index in [1.54, 1.807) is 11.0 Å². The van der Waals surface area contributed by atoms with Crippen LogP contribution in [-0.4, -0.2) is 64.0 Å². The highest BCUT2D eigenvalue weighted by atomic mass is 32.2.